The predicted octanol–water partition coefficient (Wildman–Crippen LogP) is 3.51. The number of hydrogen-bond donors (Lipinski definition) is 1. The van der Waals surface area contributed by atoms with Crippen LogP contribution in [0, 0.1) is 5.82 Å². The van der Waals surface area contributed by atoms with Crippen LogP contribution in [0.2, 0.25) is 0 Å². The van der Waals surface area contributed by atoms with Crippen LogP contribution in [0.3, 0.4) is 0 Å². The summed E-state index contributed by atoms with van der Waals surface area (Å²) >= 11 is 5.22. The van der Waals surface area contributed by atoms with Gasteiger partial charge in [0.05, 0.1) is 0 Å². The number of hydrogen-bond acceptors (Lipinski definition) is 2. The van der Waals surface area contributed by atoms with Crippen LogP contribution < -0.4 is 5.32 Å². The van der Waals surface area contributed by atoms with Gasteiger partial charge in [0, 0.05) is 22.0 Å². The molecule has 1 aromatic rings. The lowest BCUT2D eigenvalue weighted by atomic mass is 10.2. The molecule has 1 aromatic carbocycles. The van der Waals surface area contributed by atoms with E-state index in [4.69, 9.17) is 0 Å². The first-order valence-corrected chi connectivity index (χ1v) is 6.49. The van der Waals surface area contributed by atoms with Gasteiger partial charge in [-0.15, -0.1) is 0 Å². The first kappa shape index (κ1) is 10.3. The summed E-state index contributed by atoms with van der Waals surface area (Å²) in [6, 6.07) is 5.41. The van der Waals surface area contributed by atoms with Crippen LogP contribution in [-0.2, 0) is 0 Å². The number of anilines is 1. The van der Waals surface area contributed by atoms with Crippen molar-refractivity contribution in [3.05, 3.63) is 28.5 Å². The quantitative estimate of drug-likeness (QED) is 0.887. The van der Waals surface area contributed by atoms with Gasteiger partial charge in [0.25, 0.3) is 0 Å². The summed E-state index contributed by atoms with van der Waals surface area (Å²) in [5.74, 6) is 2.12. The van der Waals surface area contributed by atoms with Gasteiger partial charge in [0.2, 0.25) is 0 Å². The Kier molecular flexibility index (Phi) is 3.34. The summed E-state index contributed by atoms with van der Waals surface area (Å²) in [7, 11) is 0. The first-order chi connectivity index (χ1) is 6.74. The van der Waals surface area contributed by atoms with Crippen LogP contribution in [0.1, 0.15) is 6.42 Å². The number of thioether (sulfide) groups is 1. The van der Waals surface area contributed by atoms with Crippen molar-refractivity contribution < 1.29 is 4.39 Å². The SMILES string of the molecule is Fc1cc(Br)cc(NC2CCSC2)c1. The monoisotopic (exact) mass is 275 g/mol. The second-order valence-electron chi connectivity index (χ2n) is 3.36. The Morgan fingerprint density at radius 3 is 2.93 bits per heavy atom. The molecule has 1 saturated heterocycles. The molecule has 1 fully saturated rings. The average molecular weight is 276 g/mol. The van der Waals surface area contributed by atoms with E-state index in [1.807, 2.05) is 17.8 Å². The van der Waals surface area contributed by atoms with E-state index in [-0.39, 0.29) is 5.82 Å². The molecule has 1 aliphatic heterocycles. The fourth-order valence-corrected chi connectivity index (χ4v) is 3.14. The first-order valence-electron chi connectivity index (χ1n) is 4.54. The third-order valence-corrected chi connectivity index (χ3v) is 3.78. The molecule has 1 heterocycles. The highest BCUT2D eigenvalue weighted by Crippen LogP contribution is 2.24. The van der Waals surface area contributed by atoms with Crippen molar-refractivity contribution in [3.63, 3.8) is 0 Å². The van der Waals surface area contributed by atoms with E-state index >= 15 is 0 Å². The Labute approximate surface area is 95.6 Å². The number of nitrogens with one attached hydrogen (secondary N) is 1. The highest BCUT2D eigenvalue weighted by Gasteiger charge is 2.15. The zero-order valence-corrected chi connectivity index (χ0v) is 10.00. The maximum Gasteiger partial charge on any atom is 0.126 e. The molecule has 0 radical (unpaired) electrons. The van der Waals surface area contributed by atoms with E-state index in [9.17, 15) is 4.39 Å². The largest absolute Gasteiger partial charge is 0.381 e. The molecule has 2 rings (SSSR count). The molecule has 1 N–H and O–H groups in total. The molecule has 0 spiro atoms. The predicted molar refractivity (Wildman–Crippen MR) is 63.5 cm³/mol. The van der Waals surface area contributed by atoms with Crippen LogP contribution in [0.25, 0.3) is 0 Å². The van der Waals surface area contributed by atoms with E-state index in [1.54, 1.807) is 0 Å². The van der Waals surface area contributed by atoms with E-state index in [0.29, 0.717) is 6.04 Å². The average Bonchev–Trinajstić information content (AvgIpc) is 2.54. The molecule has 14 heavy (non-hydrogen) atoms. The molecule has 76 valence electrons. The molecule has 0 bridgehead atoms. The minimum atomic E-state index is -0.201. The molecule has 1 aliphatic rings. The molecule has 4 heteroatoms. The van der Waals surface area contributed by atoms with Crippen molar-refractivity contribution in [2.75, 3.05) is 16.8 Å². The highest BCUT2D eigenvalue weighted by molar-refractivity contribution is 9.10. The van der Waals surface area contributed by atoms with Crippen molar-refractivity contribution in [3.8, 4) is 0 Å². The summed E-state index contributed by atoms with van der Waals surface area (Å²) < 4.78 is 13.8. The van der Waals surface area contributed by atoms with Crippen LogP contribution in [-0.4, -0.2) is 17.5 Å². The van der Waals surface area contributed by atoms with Gasteiger partial charge in [0.15, 0.2) is 0 Å². The number of rotatable bonds is 2. The van der Waals surface area contributed by atoms with Crippen molar-refractivity contribution in [1.29, 1.82) is 0 Å². The number of benzene rings is 1. The summed E-state index contributed by atoms with van der Waals surface area (Å²) in [5, 5.41) is 3.33. The van der Waals surface area contributed by atoms with Crippen molar-refractivity contribution in [2.24, 2.45) is 0 Å². The molecule has 0 saturated carbocycles. The Hall–Kier alpha value is -0.220. The third kappa shape index (κ3) is 2.64. The summed E-state index contributed by atoms with van der Waals surface area (Å²) in [4.78, 5) is 0. The molecule has 1 nitrogen and oxygen atoms in total. The molecular formula is C10H11BrFNS. The van der Waals surface area contributed by atoms with Crippen molar-refractivity contribution in [1.82, 2.24) is 0 Å². The minimum absolute atomic E-state index is 0.201. The maximum atomic E-state index is 13.0. The lowest BCUT2D eigenvalue weighted by molar-refractivity contribution is 0.627. The minimum Gasteiger partial charge on any atom is -0.381 e. The van der Waals surface area contributed by atoms with Crippen LogP contribution in [0.5, 0.6) is 0 Å². The van der Waals surface area contributed by atoms with Gasteiger partial charge in [-0.2, -0.15) is 11.8 Å². The Morgan fingerprint density at radius 1 is 1.43 bits per heavy atom. The highest BCUT2D eigenvalue weighted by atomic mass is 79.9. The van der Waals surface area contributed by atoms with Gasteiger partial charge < -0.3 is 5.32 Å². The van der Waals surface area contributed by atoms with Gasteiger partial charge in [0.1, 0.15) is 5.82 Å². The fourth-order valence-electron chi connectivity index (χ4n) is 1.52. The molecule has 0 aromatic heterocycles. The van der Waals surface area contributed by atoms with Crippen LogP contribution in [0.15, 0.2) is 22.7 Å². The Morgan fingerprint density at radius 2 is 2.29 bits per heavy atom. The zero-order chi connectivity index (χ0) is 9.97. The van der Waals surface area contributed by atoms with Crippen LogP contribution >= 0.6 is 27.7 Å². The Balaban J connectivity index is 2.07. The van der Waals surface area contributed by atoms with Gasteiger partial charge in [-0.25, -0.2) is 4.39 Å². The normalized spacial score (nSPS) is 21.1. The van der Waals surface area contributed by atoms with E-state index < -0.39 is 0 Å². The van der Waals surface area contributed by atoms with Gasteiger partial charge in [-0.3, -0.25) is 0 Å². The summed E-state index contributed by atoms with van der Waals surface area (Å²) in [5.41, 5.74) is 0.865. The topological polar surface area (TPSA) is 12.0 Å². The zero-order valence-electron chi connectivity index (χ0n) is 7.59. The van der Waals surface area contributed by atoms with Gasteiger partial charge in [-0.05, 0) is 30.4 Å². The van der Waals surface area contributed by atoms with Crippen molar-refractivity contribution >= 4 is 33.4 Å². The third-order valence-electron chi connectivity index (χ3n) is 2.16. The second-order valence-corrected chi connectivity index (χ2v) is 5.43. The van der Waals surface area contributed by atoms with Gasteiger partial charge in [-0.1, -0.05) is 15.9 Å². The molecule has 1 unspecified atom stereocenters. The maximum absolute atomic E-state index is 13.0. The molecule has 0 aliphatic carbocycles. The van der Waals surface area contributed by atoms with Crippen LogP contribution in [0.4, 0.5) is 10.1 Å². The lowest BCUT2D eigenvalue weighted by Crippen LogP contribution is -2.18. The Bertz CT molecular complexity index is 306. The molecular weight excluding hydrogens is 265 g/mol. The standard InChI is InChI=1S/C10H11BrFNS/c11-7-3-8(12)5-10(4-7)13-9-1-2-14-6-9/h3-5,9,13H,1-2,6H2. The summed E-state index contributed by atoms with van der Waals surface area (Å²) in [6.07, 6.45) is 1.17. The molecule has 1 atom stereocenters. The molecule has 0 amide bonds. The summed E-state index contributed by atoms with van der Waals surface area (Å²) in [6.45, 7) is 0. The lowest BCUT2D eigenvalue weighted by Gasteiger charge is -2.12. The van der Waals surface area contributed by atoms with Crippen molar-refractivity contribution in [2.45, 2.75) is 12.5 Å². The van der Waals surface area contributed by atoms with E-state index in [0.717, 1.165) is 15.9 Å². The second kappa shape index (κ2) is 4.53. The van der Waals surface area contributed by atoms with E-state index in [2.05, 4.69) is 21.2 Å². The smallest absolute Gasteiger partial charge is 0.126 e. The number of halogens is 2. The van der Waals surface area contributed by atoms with Gasteiger partial charge >= 0.3 is 0 Å². The van der Waals surface area contributed by atoms with E-state index in [1.165, 1.54) is 24.3 Å². The fraction of sp³-hybridized carbons (Fsp3) is 0.400.